The SMILES string of the molecule is CC(C)c1nc(S(=O)(=O)Cl)cn1CCC(=O)NC1CC1. The molecule has 0 unspecified atom stereocenters. The number of carbonyl (C=O) groups excluding carboxylic acids is 1. The monoisotopic (exact) mass is 319 g/mol. The molecule has 1 fully saturated rings. The summed E-state index contributed by atoms with van der Waals surface area (Å²) >= 11 is 0. The van der Waals surface area contributed by atoms with Gasteiger partial charge < -0.3 is 9.88 Å². The summed E-state index contributed by atoms with van der Waals surface area (Å²) in [5.74, 6) is 0.642. The van der Waals surface area contributed by atoms with E-state index in [9.17, 15) is 13.2 Å². The lowest BCUT2D eigenvalue weighted by Gasteiger charge is -2.09. The van der Waals surface area contributed by atoms with E-state index < -0.39 is 9.05 Å². The van der Waals surface area contributed by atoms with Crippen LogP contribution < -0.4 is 5.32 Å². The van der Waals surface area contributed by atoms with Crippen LogP contribution in [0.3, 0.4) is 0 Å². The topological polar surface area (TPSA) is 81.1 Å². The molecule has 1 aliphatic rings. The van der Waals surface area contributed by atoms with E-state index in [0.717, 1.165) is 12.8 Å². The Balaban J connectivity index is 2.08. The fourth-order valence-electron chi connectivity index (χ4n) is 1.91. The van der Waals surface area contributed by atoms with Crippen LogP contribution in [0.4, 0.5) is 0 Å². The minimum atomic E-state index is -3.85. The van der Waals surface area contributed by atoms with Crippen LogP contribution in [0.2, 0.25) is 0 Å². The first-order valence-electron chi connectivity index (χ1n) is 6.58. The second-order valence-corrected chi connectivity index (χ2v) is 7.83. The summed E-state index contributed by atoms with van der Waals surface area (Å²) in [4.78, 5) is 15.7. The van der Waals surface area contributed by atoms with Crippen molar-refractivity contribution >= 4 is 25.6 Å². The standard InChI is InChI=1S/C12H18ClN3O3S/c1-8(2)12-15-11(20(13,18)19)7-16(12)6-5-10(17)14-9-3-4-9/h7-9H,3-6H2,1-2H3,(H,14,17). The van der Waals surface area contributed by atoms with Crippen molar-refractivity contribution in [2.45, 2.75) is 56.6 Å². The minimum Gasteiger partial charge on any atom is -0.353 e. The number of rotatable bonds is 6. The van der Waals surface area contributed by atoms with Crippen molar-refractivity contribution in [2.24, 2.45) is 0 Å². The summed E-state index contributed by atoms with van der Waals surface area (Å²) in [7, 11) is 1.46. The highest BCUT2D eigenvalue weighted by molar-refractivity contribution is 8.13. The molecule has 1 aromatic heterocycles. The minimum absolute atomic E-state index is 0.0220. The highest BCUT2D eigenvalue weighted by Crippen LogP contribution is 2.21. The van der Waals surface area contributed by atoms with E-state index in [0.29, 0.717) is 24.8 Å². The number of amides is 1. The van der Waals surface area contributed by atoms with Crippen LogP contribution in [-0.4, -0.2) is 29.9 Å². The van der Waals surface area contributed by atoms with Crippen molar-refractivity contribution in [3.05, 3.63) is 12.0 Å². The Morgan fingerprint density at radius 1 is 1.55 bits per heavy atom. The van der Waals surface area contributed by atoms with Crippen molar-refractivity contribution in [2.75, 3.05) is 0 Å². The number of nitrogens with zero attached hydrogens (tertiary/aromatic N) is 2. The number of halogens is 1. The highest BCUT2D eigenvalue weighted by Gasteiger charge is 2.24. The van der Waals surface area contributed by atoms with Gasteiger partial charge in [0.25, 0.3) is 9.05 Å². The van der Waals surface area contributed by atoms with Gasteiger partial charge in [0, 0.05) is 41.8 Å². The molecule has 8 heteroatoms. The number of aryl methyl sites for hydroxylation is 1. The summed E-state index contributed by atoms with van der Waals surface area (Å²) in [6.45, 7) is 4.22. The quantitative estimate of drug-likeness (QED) is 0.808. The van der Waals surface area contributed by atoms with E-state index in [4.69, 9.17) is 10.7 Å². The normalized spacial score (nSPS) is 15.6. The summed E-state index contributed by atoms with van der Waals surface area (Å²) in [6, 6.07) is 0.327. The zero-order valence-electron chi connectivity index (χ0n) is 11.5. The second kappa shape index (κ2) is 5.73. The lowest BCUT2D eigenvalue weighted by atomic mass is 10.2. The molecule has 0 atom stereocenters. The zero-order valence-corrected chi connectivity index (χ0v) is 13.0. The van der Waals surface area contributed by atoms with Gasteiger partial charge in [-0.1, -0.05) is 13.8 Å². The Hall–Kier alpha value is -1.08. The first-order chi connectivity index (χ1) is 9.27. The van der Waals surface area contributed by atoms with Crippen molar-refractivity contribution in [1.29, 1.82) is 0 Å². The number of imidazole rings is 1. The van der Waals surface area contributed by atoms with Crippen LogP contribution in [0.15, 0.2) is 11.2 Å². The molecule has 112 valence electrons. The number of carbonyl (C=O) groups is 1. The van der Waals surface area contributed by atoms with Gasteiger partial charge in [0.15, 0.2) is 5.03 Å². The van der Waals surface area contributed by atoms with Crippen molar-refractivity contribution < 1.29 is 13.2 Å². The predicted octanol–water partition coefficient (Wildman–Crippen LogP) is 1.60. The summed E-state index contributed by atoms with van der Waals surface area (Å²) in [6.07, 6.45) is 3.78. The van der Waals surface area contributed by atoms with Crippen LogP contribution >= 0.6 is 10.7 Å². The molecule has 1 aromatic rings. The van der Waals surface area contributed by atoms with Crippen molar-refractivity contribution in [1.82, 2.24) is 14.9 Å². The fourth-order valence-corrected chi connectivity index (χ4v) is 2.59. The summed E-state index contributed by atoms with van der Waals surface area (Å²) in [5.41, 5.74) is 0. The number of nitrogens with one attached hydrogen (secondary N) is 1. The van der Waals surface area contributed by atoms with Crippen LogP contribution in [0, 0.1) is 0 Å². The molecule has 0 spiro atoms. The fraction of sp³-hybridized carbons (Fsp3) is 0.667. The van der Waals surface area contributed by atoms with E-state index >= 15 is 0 Å². The van der Waals surface area contributed by atoms with Gasteiger partial charge in [0.05, 0.1) is 0 Å². The lowest BCUT2D eigenvalue weighted by molar-refractivity contribution is -0.121. The second-order valence-electron chi connectivity index (χ2n) is 5.32. The number of hydrogen-bond acceptors (Lipinski definition) is 4. The Bertz CT molecular complexity index is 605. The van der Waals surface area contributed by atoms with E-state index in [2.05, 4.69) is 10.3 Å². The van der Waals surface area contributed by atoms with Crippen LogP contribution in [-0.2, 0) is 20.4 Å². The molecule has 0 aromatic carbocycles. The Morgan fingerprint density at radius 2 is 2.20 bits per heavy atom. The summed E-state index contributed by atoms with van der Waals surface area (Å²) < 4.78 is 24.3. The number of aromatic nitrogens is 2. The maximum absolute atomic E-state index is 11.7. The summed E-state index contributed by atoms with van der Waals surface area (Å²) in [5, 5.41) is 2.73. The maximum Gasteiger partial charge on any atom is 0.280 e. The van der Waals surface area contributed by atoms with Gasteiger partial charge in [-0.15, -0.1) is 0 Å². The predicted molar refractivity (Wildman–Crippen MR) is 75.1 cm³/mol. The molecule has 1 aliphatic carbocycles. The van der Waals surface area contributed by atoms with Gasteiger partial charge >= 0.3 is 0 Å². The van der Waals surface area contributed by atoms with Crippen LogP contribution in [0.1, 0.15) is 44.9 Å². The Labute approximate surface area is 122 Å². The maximum atomic E-state index is 11.7. The highest BCUT2D eigenvalue weighted by atomic mass is 35.7. The molecular formula is C12H18ClN3O3S. The van der Waals surface area contributed by atoms with E-state index in [1.165, 1.54) is 6.20 Å². The molecule has 1 saturated carbocycles. The third kappa shape index (κ3) is 3.96. The molecule has 20 heavy (non-hydrogen) atoms. The molecule has 0 saturated heterocycles. The van der Waals surface area contributed by atoms with Gasteiger partial charge in [-0.25, -0.2) is 13.4 Å². The van der Waals surface area contributed by atoms with Gasteiger partial charge in [0.2, 0.25) is 5.91 Å². The van der Waals surface area contributed by atoms with Gasteiger partial charge in [-0.3, -0.25) is 4.79 Å². The first-order valence-corrected chi connectivity index (χ1v) is 8.89. The molecule has 2 rings (SSSR count). The van der Waals surface area contributed by atoms with E-state index in [1.807, 2.05) is 13.8 Å². The van der Waals surface area contributed by atoms with Crippen LogP contribution in [0.25, 0.3) is 0 Å². The largest absolute Gasteiger partial charge is 0.353 e. The third-order valence-electron chi connectivity index (χ3n) is 3.07. The van der Waals surface area contributed by atoms with Gasteiger partial charge in [-0.05, 0) is 12.8 Å². The molecule has 0 aliphatic heterocycles. The Morgan fingerprint density at radius 3 is 2.70 bits per heavy atom. The average molecular weight is 320 g/mol. The van der Waals surface area contributed by atoms with E-state index in [1.54, 1.807) is 4.57 Å². The molecule has 6 nitrogen and oxygen atoms in total. The average Bonchev–Trinajstić information content (AvgIpc) is 3.01. The lowest BCUT2D eigenvalue weighted by Crippen LogP contribution is -2.26. The third-order valence-corrected chi connectivity index (χ3v) is 4.24. The number of hydrogen-bond donors (Lipinski definition) is 1. The van der Waals surface area contributed by atoms with Gasteiger partial charge in [0.1, 0.15) is 5.82 Å². The molecule has 1 heterocycles. The van der Waals surface area contributed by atoms with Crippen molar-refractivity contribution in [3.8, 4) is 0 Å². The smallest absolute Gasteiger partial charge is 0.280 e. The van der Waals surface area contributed by atoms with E-state index in [-0.39, 0.29) is 16.9 Å². The molecule has 0 bridgehead atoms. The Kier molecular flexibility index (Phi) is 4.39. The van der Waals surface area contributed by atoms with Crippen LogP contribution in [0.5, 0.6) is 0 Å². The zero-order chi connectivity index (χ0) is 14.9. The molecule has 1 amide bonds. The van der Waals surface area contributed by atoms with Gasteiger partial charge in [-0.2, -0.15) is 0 Å². The molecule has 1 N–H and O–H groups in total. The molecule has 0 radical (unpaired) electrons. The van der Waals surface area contributed by atoms with Crippen molar-refractivity contribution in [3.63, 3.8) is 0 Å². The first kappa shape index (κ1) is 15.3. The molecular weight excluding hydrogens is 302 g/mol.